The van der Waals surface area contributed by atoms with Gasteiger partial charge in [0.1, 0.15) is 35.6 Å². The molecular weight excluding hydrogens is 344 g/mol. The Bertz CT molecular complexity index is 863. The largest absolute Gasteiger partial charge is 0.458 e. The Morgan fingerprint density at radius 1 is 1.11 bits per heavy atom. The summed E-state index contributed by atoms with van der Waals surface area (Å²) in [4.78, 5) is 12.3. The summed E-state index contributed by atoms with van der Waals surface area (Å²) in [5.41, 5.74) is 1.39. The van der Waals surface area contributed by atoms with E-state index in [-0.39, 0.29) is 51.9 Å². The molecule has 0 aromatic rings. The van der Waals surface area contributed by atoms with Crippen molar-refractivity contribution >= 4 is 5.97 Å². The van der Waals surface area contributed by atoms with Gasteiger partial charge < -0.3 is 18.9 Å². The van der Waals surface area contributed by atoms with Crippen molar-refractivity contribution < 1.29 is 23.7 Å². The highest BCUT2D eigenvalue weighted by atomic mass is 16.7. The van der Waals surface area contributed by atoms with Crippen molar-refractivity contribution in [1.82, 2.24) is 0 Å². The summed E-state index contributed by atoms with van der Waals surface area (Å²) in [6, 6.07) is 0. The first-order chi connectivity index (χ1) is 12.7. The second-order valence-electron chi connectivity index (χ2n) is 10.8. The third-order valence-corrected chi connectivity index (χ3v) is 10.3. The van der Waals surface area contributed by atoms with Crippen LogP contribution in [0.3, 0.4) is 0 Å². The first kappa shape index (κ1) is 15.9. The molecule has 0 aromatic carbocycles. The highest BCUT2D eigenvalue weighted by molar-refractivity contribution is 5.92. The molecule has 4 aliphatic heterocycles. The molecule has 2 unspecified atom stereocenters. The maximum Gasteiger partial charge on any atom is 0.334 e. The van der Waals surface area contributed by atoms with Crippen molar-refractivity contribution in [1.29, 1.82) is 0 Å². The van der Waals surface area contributed by atoms with Crippen LogP contribution in [0.4, 0.5) is 0 Å². The third-order valence-electron chi connectivity index (χ3n) is 10.3. The zero-order valence-corrected chi connectivity index (χ0v) is 16.8. The molecule has 0 N–H and O–H groups in total. The lowest BCUT2D eigenvalue weighted by Gasteiger charge is -2.59. The molecule has 27 heavy (non-hydrogen) atoms. The molecule has 0 aromatic heterocycles. The SMILES string of the molecule is CC(C)[C@]12O[C@H]1[C@@H]1O[C@@]13[C@@]1(C)CCC4=C(COC4=O)C1(C)C[C@@H]1O[C@@]13C2C. The number of hydrogen-bond acceptors (Lipinski definition) is 5. The van der Waals surface area contributed by atoms with Crippen molar-refractivity contribution in [3.8, 4) is 0 Å². The molecule has 2 saturated carbocycles. The molecule has 0 bridgehead atoms. The predicted molar refractivity (Wildman–Crippen MR) is 94.9 cm³/mol. The number of hydrogen-bond donors (Lipinski definition) is 0. The van der Waals surface area contributed by atoms with Gasteiger partial charge in [-0.3, -0.25) is 0 Å². The van der Waals surface area contributed by atoms with E-state index in [4.69, 9.17) is 18.9 Å². The van der Waals surface area contributed by atoms with E-state index in [2.05, 4.69) is 34.6 Å². The minimum Gasteiger partial charge on any atom is -0.458 e. The van der Waals surface area contributed by atoms with Crippen LogP contribution in [0.2, 0.25) is 0 Å². The molecular formula is C22H28O5. The van der Waals surface area contributed by atoms with Gasteiger partial charge in [-0.2, -0.15) is 0 Å². The normalized spacial score (nSPS) is 64.0. The van der Waals surface area contributed by atoms with E-state index in [1.54, 1.807) is 0 Å². The summed E-state index contributed by atoms with van der Waals surface area (Å²) in [5.74, 6) is 0.687. The predicted octanol–water partition coefficient (Wildman–Crippen LogP) is 2.77. The molecule has 5 fully saturated rings. The van der Waals surface area contributed by atoms with Crippen LogP contribution in [0, 0.1) is 22.7 Å². The fourth-order valence-corrected chi connectivity index (χ4v) is 8.67. The maximum atomic E-state index is 12.3. The van der Waals surface area contributed by atoms with Crippen molar-refractivity contribution in [2.75, 3.05) is 6.61 Å². The van der Waals surface area contributed by atoms with E-state index in [0.717, 1.165) is 24.8 Å². The van der Waals surface area contributed by atoms with Crippen LogP contribution in [-0.2, 0) is 23.7 Å². The second-order valence-corrected chi connectivity index (χ2v) is 10.8. The number of fused-ring (bicyclic) bond motifs is 4. The molecule has 146 valence electrons. The zero-order chi connectivity index (χ0) is 18.8. The Balaban J connectivity index is 1.42. The van der Waals surface area contributed by atoms with Gasteiger partial charge in [-0.25, -0.2) is 4.79 Å². The highest BCUT2D eigenvalue weighted by Crippen LogP contribution is 2.86. The van der Waals surface area contributed by atoms with Crippen molar-refractivity contribution in [2.24, 2.45) is 22.7 Å². The molecule has 0 radical (unpaired) electrons. The Labute approximate surface area is 159 Å². The second kappa shape index (κ2) is 3.90. The lowest BCUT2D eigenvalue weighted by Crippen LogP contribution is -2.69. The fourth-order valence-electron chi connectivity index (χ4n) is 8.67. The molecule has 7 aliphatic rings. The molecule has 4 heterocycles. The van der Waals surface area contributed by atoms with E-state index in [0.29, 0.717) is 18.4 Å². The van der Waals surface area contributed by atoms with Crippen LogP contribution in [-0.4, -0.2) is 47.7 Å². The van der Waals surface area contributed by atoms with E-state index in [1.807, 2.05) is 0 Å². The molecule has 3 aliphatic carbocycles. The average Bonchev–Trinajstić information content (AvgIpc) is 3.49. The minimum absolute atomic E-state index is 0.0617. The minimum atomic E-state index is -0.277. The average molecular weight is 372 g/mol. The first-order valence-corrected chi connectivity index (χ1v) is 10.6. The Morgan fingerprint density at radius 2 is 1.89 bits per heavy atom. The number of carbonyl (C=O) groups is 1. The van der Waals surface area contributed by atoms with Gasteiger partial charge in [0.25, 0.3) is 0 Å². The smallest absolute Gasteiger partial charge is 0.334 e. The van der Waals surface area contributed by atoms with Gasteiger partial charge in [0.15, 0.2) is 0 Å². The van der Waals surface area contributed by atoms with Crippen molar-refractivity contribution in [2.45, 2.75) is 89.0 Å². The van der Waals surface area contributed by atoms with Crippen LogP contribution < -0.4 is 0 Å². The molecule has 0 amide bonds. The Morgan fingerprint density at radius 3 is 2.63 bits per heavy atom. The van der Waals surface area contributed by atoms with E-state index < -0.39 is 0 Å². The standard InChI is InChI=1S/C22H28O5/c1-10(2)20-11(3)21-14(25-21)8-18(4)13-9-24-17(23)12(13)6-7-19(18,5)22(21)16(27-22)15(20)26-20/h10-11,14-16H,6-9H2,1-5H3/t11?,14-,15-,16-,18?,19-,20+,21-,22+/m0/s1. The van der Waals surface area contributed by atoms with Crippen LogP contribution in [0.15, 0.2) is 11.1 Å². The number of esters is 1. The molecule has 9 atom stereocenters. The number of carbonyl (C=O) groups excluding carboxylic acids is 1. The lowest BCUT2D eigenvalue weighted by molar-refractivity contribution is -0.136. The third kappa shape index (κ3) is 1.21. The van der Waals surface area contributed by atoms with Crippen LogP contribution in [0.1, 0.15) is 53.9 Å². The molecule has 5 nitrogen and oxygen atoms in total. The van der Waals surface area contributed by atoms with Gasteiger partial charge in [-0.1, -0.05) is 34.6 Å². The number of rotatable bonds is 1. The summed E-state index contributed by atoms with van der Waals surface area (Å²) in [5, 5.41) is 0. The highest BCUT2D eigenvalue weighted by Gasteiger charge is 3.00. The van der Waals surface area contributed by atoms with Crippen molar-refractivity contribution in [3.63, 3.8) is 0 Å². The number of cyclic esters (lactones) is 1. The summed E-state index contributed by atoms with van der Waals surface area (Å²) in [6.45, 7) is 12.1. The first-order valence-electron chi connectivity index (χ1n) is 10.6. The van der Waals surface area contributed by atoms with Gasteiger partial charge in [-0.15, -0.1) is 0 Å². The monoisotopic (exact) mass is 372 g/mol. The number of epoxide rings is 3. The number of ether oxygens (including phenoxy) is 4. The maximum absolute atomic E-state index is 12.3. The fraction of sp³-hybridized carbons (Fsp3) is 0.864. The molecule has 5 heteroatoms. The van der Waals surface area contributed by atoms with Crippen molar-refractivity contribution in [3.05, 3.63) is 11.1 Å². The Kier molecular flexibility index (Phi) is 2.30. The van der Waals surface area contributed by atoms with Gasteiger partial charge in [0, 0.05) is 22.3 Å². The lowest BCUT2D eigenvalue weighted by atomic mass is 9.40. The van der Waals surface area contributed by atoms with Gasteiger partial charge >= 0.3 is 5.97 Å². The zero-order valence-electron chi connectivity index (χ0n) is 16.8. The van der Waals surface area contributed by atoms with Crippen LogP contribution in [0.25, 0.3) is 0 Å². The molecule has 7 rings (SSSR count). The summed E-state index contributed by atoms with van der Waals surface area (Å²) in [6.07, 6.45) is 3.23. The summed E-state index contributed by atoms with van der Waals surface area (Å²) >= 11 is 0. The van der Waals surface area contributed by atoms with Gasteiger partial charge in [-0.05, 0) is 30.8 Å². The summed E-state index contributed by atoms with van der Waals surface area (Å²) < 4.78 is 25.3. The van der Waals surface area contributed by atoms with Gasteiger partial charge in [0.2, 0.25) is 0 Å². The summed E-state index contributed by atoms with van der Waals surface area (Å²) in [7, 11) is 0. The van der Waals surface area contributed by atoms with Gasteiger partial charge in [0.05, 0.1) is 6.10 Å². The Hall–Kier alpha value is -0.910. The quantitative estimate of drug-likeness (QED) is 0.523. The van der Waals surface area contributed by atoms with Crippen LogP contribution >= 0.6 is 0 Å². The molecule has 3 saturated heterocycles. The van der Waals surface area contributed by atoms with E-state index in [9.17, 15) is 4.79 Å². The topological polar surface area (TPSA) is 63.9 Å². The van der Waals surface area contributed by atoms with Crippen LogP contribution in [0.5, 0.6) is 0 Å². The van der Waals surface area contributed by atoms with E-state index in [1.165, 1.54) is 5.57 Å². The molecule has 2 spiro atoms. The van der Waals surface area contributed by atoms with E-state index >= 15 is 0 Å².